The number of hydrogen-bond acceptors (Lipinski definition) is 3. The van der Waals surface area contributed by atoms with Crippen LogP contribution in [0.2, 0.25) is 0 Å². The average Bonchev–Trinajstić information content (AvgIpc) is 1.85. The molecule has 0 spiro atoms. The van der Waals surface area contributed by atoms with Gasteiger partial charge >= 0.3 is 0 Å². The molecule has 1 N–H and O–H groups in total. The van der Waals surface area contributed by atoms with Gasteiger partial charge in [-0.3, -0.25) is 0 Å². The van der Waals surface area contributed by atoms with Crippen molar-refractivity contribution in [3.8, 4) is 0 Å². The van der Waals surface area contributed by atoms with E-state index in [-0.39, 0.29) is 5.37 Å². The summed E-state index contributed by atoms with van der Waals surface area (Å²) in [7, 11) is 3.83. The minimum absolute atomic E-state index is 0.0972. The van der Waals surface area contributed by atoms with Gasteiger partial charge < -0.3 is 12.6 Å². The quantitative estimate of drug-likeness (QED) is 0.334. The molecule has 0 aromatic rings. The first-order valence-electron chi connectivity index (χ1n) is 2.43. The van der Waals surface area contributed by atoms with E-state index in [1.807, 2.05) is 30.0 Å². The molecule has 4 heteroatoms. The monoisotopic (exact) mass is 131 g/mol. The van der Waals surface area contributed by atoms with E-state index in [4.69, 9.17) is 12.6 Å². The fraction of sp³-hybridized carbons (Fsp3) is 0.750. The molecular formula is C4H9N3S. The van der Waals surface area contributed by atoms with Crippen LogP contribution in [-0.4, -0.2) is 35.4 Å². The van der Waals surface area contributed by atoms with Crippen molar-refractivity contribution in [2.24, 2.45) is 0 Å². The summed E-state index contributed by atoms with van der Waals surface area (Å²) in [5, 5.41) is 1.95. The maximum atomic E-state index is 4.97. The Kier molecular flexibility index (Phi) is 1.44. The van der Waals surface area contributed by atoms with Gasteiger partial charge in [0.1, 0.15) is 0 Å². The molecule has 0 radical (unpaired) electrons. The van der Waals surface area contributed by atoms with Crippen LogP contribution in [0.15, 0.2) is 0 Å². The molecule has 1 atom stereocenters. The van der Waals surface area contributed by atoms with Crippen LogP contribution in [0.3, 0.4) is 0 Å². The van der Waals surface area contributed by atoms with Gasteiger partial charge in [-0.15, -0.1) is 10.2 Å². The van der Waals surface area contributed by atoms with E-state index < -0.39 is 0 Å². The highest BCUT2D eigenvalue weighted by molar-refractivity contribution is 7.60. The van der Waals surface area contributed by atoms with Crippen molar-refractivity contribution < 1.29 is 4.68 Å². The Labute approximate surface area is 54.3 Å². The van der Waals surface area contributed by atoms with Gasteiger partial charge in [0.25, 0.3) is 0 Å². The standard InChI is InChI=1S/C4H9N3S/c1-6-3-4(8)7(2)5-6/h3-5H,1-2H3. The van der Waals surface area contributed by atoms with Gasteiger partial charge in [0.2, 0.25) is 0 Å². The zero-order chi connectivity index (χ0) is 6.15. The molecule has 1 aliphatic heterocycles. The highest BCUT2D eigenvalue weighted by Gasteiger charge is 2.12. The van der Waals surface area contributed by atoms with Crippen LogP contribution in [0.4, 0.5) is 0 Å². The second-order valence-electron chi connectivity index (χ2n) is 1.86. The molecule has 1 aliphatic rings. The summed E-state index contributed by atoms with van der Waals surface area (Å²) >= 11 is 4.97. The Hall–Kier alpha value is -0.220. The van der Waals surface area contributed by atoms with Crippen molar-refractivity contribution >= 4 is 18.8 Å². The molecule has 0 aromatic carbocycles. The van der Waals surface area contributed by atoms with Gasteiger partial charge in [-0.1, -0.05) is 0 Å². The molecule has 0 saturated carbocycles. The highest BCUT2D eigenvalue weighted by Crippen LogP contribution is 1.89. The topological polar surface area (TPSA) is 18.3 Å². The van der Waals surface area contributed by atoms with Gasteiger partial charge in [-0.05, 0) is 5.37 Å². The molecule has 0 amide bonds. The third-order valence-corrected chi connectivity index (χ3v) is 1.49. The zero-order valence-corrected chi connectivity index (χ0v) is 5.77. The second-order valence-corrected chi connectivity index (χ2v) is 2.34. The second kappa shape index (κ2) is 1.95. The molecule has 1 heterocycles. The maximum absolute atomic E-state index is 4.97. The van der Waals surface area contributed by atoms with E-state index in [2.05, 4.69) is 5.53 Å². The van der Waals surface area contributed by atoms with E-state index in [0.29, 0.717) is 0 Å². The van der Waals surface area contributed by atoms with E-state index in [1.54, 1.807) is 0 Å². The molecule has 0 fully saturated rings. The molecule has 1 rings (SSSR count). The molecule has 0 aromatic heterocycles. The normalized spacial score (nSPS) is 29.9. The third-order valence-electron chi connectivity index (χ3n) is 1.05. The Bertz CT molecular complexity index is 122. The Morgan fingerprint density at radius 3 is 2.62 bits per heavy atom. The average molecular weight is 131 g/mol. The molecular weight excluding hydrogens is 122 g/mol. The van der Waals surface area contributed by atoms with Gasteiger partial charge in [0, 0.05) is 7.05 Å². The van der Waals surface area contributed by atoms with Crippen LogP contribution in [0.1, 0.15) is 0 Å². The van der Waals surface area contributed by atoms with Crippen molar-refractivity contribution in [2.45, 2.75) is 5.37 Å². The van der Waals surface area contributed by atoms with Crippen LogP contribution in [-0.2, 0) is 12.6 Å². The highest BCUT2D eigenvalue weighted by atomic mass is 32.1. The Balaban J connectivity index is 2.56. The van der Waals surface area contributed by atoms with Crippen LogP contribution in [0, 0.1) is 0 Å². The van der Waals surface area contributed by atoms with Crippen LogP contribution in [0.5, 0.6) is 0 Å². The van der Waals surface area contributed by atoms with Crippen molar-refractivity contribution in [3.05, 3.63) is 0 Å². The van der Waals surface area contributed by atoms with Gasteiger partial charge in [-0.25, -0.2) is 0 Å². The molecule has 0 bridgehead atoms. The van der Waals surface area contributed by atoms with Gasteiger partial charge in [0.05, 0.1) is 0 Å². The molecule has 3 nitrogen and oxygen atoms in total. The summed E-state index contributed by atoms with van der Waals surface area (Å²) in [6, 6.07) is 0. The summed E-state index contributed by atoms with van der Waals surface area (Å²) in [5.41, 5.74) is 2.97. The first-order valence-corrected chi connectivity index (χ1v) is 2.90. The number of rotatable bonds is 0. The third kappa shape index (κ3) is 0.952. The van der Waals surface area contributed by atoms with Gasteiger partial charge in [-0.2, -0.15) is 5.01 Å². The Morgan fingerprint density at radius 2 is 2.50 bits per heavy atom. The zero-order valence-electron chi connectivity index (χ0n) is 4.96. The largest absolute Gasteiger partial charge is 0.762 e. The molecule has 0 saturated heterocycles. The van der Waals surface area contributed by atoms with Crippen LogP contribution in [0.25, 0.3) is 0 Å². The lowest BCUT2D eigenvalue weighted by Gasteiger charge is -2.16. The predicted octanol–water partition coefficient (Wildman–Crippen LogP) is -1.06. The van der Waals surface area contributed by atoms with Crippen molar-refractivity contribution in [2.75, 3.05) is 14.1 Å². The van der Waals surface area contributed by atoms with Crippen molar-refractivity contribution in [3.63, 3.8) is 0 Å². The van der Waals surface area contributed by atoms with E-state index in [1.165, 1.54) is 0 Å². The number of nitrogens with one attached hydrogen (secondary N) is 1. The SMILES string of the molecule is CN1N[N+](C)=CC1[S-]. The van der Waals surface area contributed by atoms with E-state index in [9.17, 15) is 0 Å². The van der Waals surface area contributed by atoms with Crippen LogP contribution >= 0.6 is 0 Å². The minimum Gasteiger partial charge on any atom is -0.762 e. The Morgan fingerprint density at radius 1 is 1.88 bits per heavy atom. The summed E-state index contributed by atoms with van der Waals surface area (Å²) in [4.78, 5) is 0. The predicted molar refractivity (Wildman–Crippen MR) is 34.3 cm³/mol. The van der Waals surface area contributed by atoms with Crippen molar-refractivity contribution in [1.29, 1.82) is 0 Å². The number of hydrazone groups is 1. The molecule has 46 valence electrons. The van der Waals surface area contributed by atoms with Gasteiger partial charge in [0.15, 0.2) is 13.3 Å². The number of hydrogen-bond donors (Lipinski definition) is 1. The summed E-state index contributed by atoms with van der Waals surface area (Å²) in [5.74, 6) is 0. The van der Waals surface area contributed by atoms with Crippen molar-refractivity contribution in [1.82, 2.24) is 10.5 Å². The number of hydrazine groups is 2. The van der Waals surface area contributed by atoms with Crippen LogP contribution < -0.4 is 5.53 Å². The number of nitrogens with zero attached hydrogens (tertiary/aromatic N) is 2. The fourth-order valence-electron chi connectivity index (χ4n) is 0.630. The summed E-state index contributed by atoms with van der Waals surface area (Å²) in [6.45, 7) is 0. The fourth-order valence-corrected chi connectivity index (χ4v) is 0.860. The molecule has 0 aliphatic carbocycles. The lowest BCUT2D eigenvalue weighted by atomic mass is 10.7. The minimum atomic E-state index is 0.0972. The molecule has 8 heavy (non-hydrogen) atoms. The lowest BCUT2D eigenvalue weighted by molar-refractivity contribution is -0.572. The first kappa shape index (κ1) is 5.91. The molecule has 1 unspecified atom stereocenters. The smallest absolute Gasteiger partial charge is 0.166 e. The van der Waals surface area contributed by atoms with E-state index in [0.717, 1.165) is 0 Å². The first-order chi connectivity index (χ1) is 3.70. The summed E-state index contributed by atoms with van der Waals surface area (Å²) in [6.07, 6.45) is 1.93. The van der Waals surface area contributed by atoms with E-state index >= 15 is 0 Å². The maximum Gasteiger partial charge on any atom is 0.166 e. The summed E-state index contributed by atoms with van der Waals surface area (Å²) < 4.78 is 1.84. The lowest BCUT2D eigenvalue weighted by Crippen LogP contribution is -2.36.